The van der Waals surface area contributed by atoms with Crippen molar-refractivity contribution in [1.29, 1.82) is 0 Å². The second-order valence-electron chi connectivity index (χ2n) is 9.17. The van der Waals surface area contributed by atoms with E-state index in [1.54, 1.807) is 5.06 Å². The van der Waals surface area contributed by atoms with Crippen LogP contribution >= 0.6 is 0 Å². The highest BCUT2D eigenvalue weighted by Gasteiger charge is 2.43. The van der Waals surface area contributed by atoms with Crippen LogP contribution in [0.2, 0.25) is 0 Å². The lowest BCUT2D eigenvalue weighted by Crippen LogP contribution is -2.41. The minimum Gasteiger partial charge on any atom is -0.508 e. The largest absolute Gasteiger partial charge is 0.508 e. The minimum atomic E-state index is -0.851. The number of hydrogen-bond donors (Lipinski definition) is 1. The van der Waals surface area contributed by atoms with Crippen LogP contribution in [0.15, 0.2) is 96.3 Å². The van der Waals surface area contributed by atoms with Gasteiger partial charge in [0, 0.05) is 0 Å². The van der Waals surface area contributed by atoms with Crippen molar-refractivity contribution in [3.05, 3.63) is 113 Å². The highest BCUT2D eigenvalue weighted by Crippen LogP contribution is 2.45. The fraction of sp³-hybridized carbons (Fsp3) is 0.250. The van der Waals surface area contributed by atoms with E-state index in [4.69, 9.17) is 9.57 Å². The van der Waals surface area contributed by atoms with E-state index in [1.807, 2.05) is 113 Å². The number of hydroxylamine groups is 1. The number of nitrogens with zero attached hydrogens (tertiary/aromatic N) is 1. The molecule has 4 rings (SSSR count). The molecule has 0 saturated carbocycles. The average molecular weight is 444 g/mol. The van der Waals surface area contributed by atoms with E-state index in [0.29, 0.717) is 0 Å². The Labute approximate surface area is 194 Å². The maximum absolute atomic E-state index is 13.5. The Balaban J connectivity index is 1.93. The Hall–Kier alpha value is -3.57. The summed E-state index contributed by atoms with van der Waals surface area (Å²) < 4.78 is 5.75. The number of rotatable bonds is 4. The van der Waals surface area contributed by atoms with E-state index < -0.39 is 23.7 Å². The van der Waals surface area contributed by atoms with E-state index in [9.17, 15) is 9.90 Å². The van der Waals surface area contributed by atoms with Crippen LogP contribution in [-0.4, -0.2) is 16.7 Å². The quantitative estimate of drug-likeness (QED) is 0.474. The number of benzene rings is 3. The highest BCUT2D eigenvalue weighted by molar-refractivity contribution is 5.92. The van der Waals surface area contributed by atoms with Gasteiger partial charge in [-0.05, 0) is 51.0 Å². The standard InChI is InChI=1S/C28H29NO4/c1-19-15-17-20(18-16-19)24-23(27(31)32-28(2,3)4)25(30)26(21-11-7-5-8-12-21)33-29(24)22-13-9-6-10-14-22/h5-18,24,26,30H,1-4H3/t24-,26+/m0/s1. The van der Waals surface area contributed by atoms with Crippen molar-refractivity contribution in [1.82, 2.24) is 0 Å². The molecule has 1 aliphatic heterocycles. The second-order valence-corrected chi connectivity index (χ2v) is 9.17. The summed E-state index contributed by atoms with van der Waals surface area (Å²) in [5, 5.41) is 13.1. The summed E-state index contributed by atoms with van der Waals surface area (Å²) in [6, 6.07) is 26.1. The molecule has 0 amide bonds. The van der Waals surface area contributed by atoms with Gasteiger partial charge in [-0.1, -0.05) is 78.4 Å². The molecular weight excluding hydrogens is 414 g/mol. The summed E-state index contributed by atoms with van der Waals surface area (Å²) in [6.07, 6.45) is -0.851. The first kappa shape index (κ1) is 22.6. The average Bonchev–Trinajstić information content (AvgIpc) is 2.79. The molecule has 0 fully saturated rings. The molecule has 5 heteroatoms. The van der Waals surface area contributed by atoms with Gasteiger partial charge in [0.1, 0.15) is 23.0 Å². The monoisotopic (exact) mass is 443 g/mol. The first-order valence-electron chi connectivity index (χ1n) is 11.0. The number of carbonyl (C=O) groups is 1. The van der Waals surface area contributed by atoms with Crippen molar-refractivity contribution in [2.45, 2.75) is 45.4 Å². The number of anilines is 1. The lowest BCUT2D eigenvalue weighted by atomic mass is 9.91. The Bertz CT molecular complexity index is 1130. The molecular formula is C28H29NO4. The summed E-state index contributed by atoms with van der Waals surface area (Å²) in [5.41, 5.74) is 2.84. The fourth-order valence-electron chi connectivity index (χ4n) is 3.85. The Morgan fingerprint density at radius 1 is 0.879 bits per heavy atom. The van der Waals surface area contributed by atoms with Gasteiger partial charge in [0.05, 0.1) is 5.69 Å². The number of hydrogen-bond acceptors (Lipinski definition) is 5. The molecule has 1 N–H and O–H groups in total. The lowest BCUT2D eigenvalue weighted by Gasteiger charge is -2.41. The van der Waals surface area contributed by atoms with Crippen molar-refractivity contribution in [3.63, 3.8) is 0 Å². The Kier molecular flexibility index (Phi) is 6.25. The van der Waals surface area contributed by atoms with E-state index in [1.165, 1.54) is 0 Å². The third-order valence-electron chi connectivity index (χ3n) is 5.38. The number of para-hydroxylation sites is 1. The van der Waals surface area contributed by atoms with Gasteiger partial charge in [-0.25, -0.2) is 9.86 Å². The minimum absolute atomic E-state index is 0.145. The molecule has 2 atom stereocenters. The topological polar surface area (TPSA) is 59.0 Å². The molecule has 0 aromatic heterocycles. The molecule has 0 unspecified atom stereocenters. The van der Waals surface area contributed by atoms with Crippen molar-refractivity contribution >= 4 is 11.7 Å². The highest BCUT2D eigenvalue weighted by atomic mass is 16.7. The number of aliphatic hydroxyl groups is 1. The molecule has 33 heavy (non-hydrogen) atoms. The van der Waals surface area contributed by atoms with Gasteiger partial charge in [-0.15, -0.1) is 0 Å². The number of aryl methyl sites for hydroxylation is 1. The van der Waals surface area contributed by atoms with Gasteiger partial charge in [-0.3, -0.25) is 4.84 Å². The van der Waals surface area contributed by atoms with Crippen molar-refractivity contribution < 1.29 is 19.5 Å². The number of ether oxygens (including phenoxy) is 1. The predicted octanol–water partition coefficient (Wildman–Crippen LogP) is 6.38. The summed E-state index contributed by atoms with van der Waals surface area (Å²) in [5.74, 6) is -0.719. The van der Waals surface area contributed by atoms with Gasteiger partial charge in [0.25, 0.3) is 0 Å². The van der Waals surface area contributed by atoms with Gasteiger partial charge in [0.15, 0.2) is 6.10 Å². The Morgan fingerprint density at radius 2 is 1.45 bits per heavy atom. The van der Waals surface area contributed by atoms with Crippen LogP contribution in [0.1, 0.15) is 49.6 Å². The van der Waals surface area contributed by atoms with Crippen LogP contribution < -0.4 is 5.06 Å². The van der Waals surface area contributed by atoms with Gasteiger partial charge < -0.3 is 9.84 Å². The van der Waals surface area contributed by atoms with Crippen molar-refractivity contribution in [3.8, 4) is 0 Å². The maximum atomic E-state index is 13.5. The first-order chi connectivity index (χ1) is 15.7. The zero-order valence-electron chi connectivity index (χ0n) is 19.4. The number of carbonyl (C=O) groups excluding carboxylic acids is 1. The zero-order valence-corrected chi connectivity index (χ0v) is 19.4. The smallest absolute Gasteiger partial charge is 0.340 e. The van der Waals surface area contributed by atoms with Gasteiger partial charge >= 0.3 is 5.97 Å². The molecule has 3 aromatic rings. The Morgan fingerprint density at radius 3 is 2.03 bits per heavy atom. The van der Waals surface area contributed by atoms with Gasteiger partial charge in [0.2, 0.25) is 0 Å². The second kappa shape index (κ2) is 9.12. The number of aliphatic hydroxyl groups excluding tert-OH is 1. The molecule has 3 aromatic carbocycles. The molecule has 0 bridgehead atoms. The van der Waals surface area contributed by atoms with Crippen LogP contribution in [0.3, 0.4) is 0 Å². The predicted molar refractivity (Wildman–Crippen MR) is 129 cm³/mol. The SMILES string of the molecule is Cc1ccc([C@H]2C(C(=O)OC(C)(C)C)=C(O)[C@@H](c3ccccc3)ON2c2ccccc2)cc1. The normalized spacial score (nSPS) is 18.8. The zero-order chi connectivity index (χ0) is 23.6. The molecule has 1 heterocycles. The van der Waals surface area contributed by atoms with Crippen molar-refractivity contribution in [2.75, 3.05) is 5.06 Å². The van der Waals surface area contributed by atoms with E-state index in [0.717, 1.165) is 22.4 Å². The van der Waals surface area contributed by atoms with E-state index in [2.05, 4.69) is 0 Å². The maximum Gasteiger partial charge on any atom is 0.340 e. The van der Waals surface area contributed by atoms with Crippen LogP contribution in [-0.2, 0) is 14.4 Å². The molecule has 1 aliphatic rings. The summed E-state index contributed by atoms with van der Waals surface area (Å²) in [7, 11) is 0. The van der Waals surface area contributed by atoms with Crippen LogP contribution in [0.4, 0.5) is 5.69 Å². The van der Waals surface area contributed by atoms with Crippen LogP contribution in [0.25, 0.3) is 0 Å². The lowest BCUT2D eigenvalue weighted by molar-refractivity contribution is -0.152. The number of esters is 1. The summed E-state index contributed by atoms with van der Waals surface area (Å²) >= 11 is 0. The van der Waals surface area contributed by atoms with Crippen LogP contribution in [0, 0.1) is 6.92 Å². The molecule has 0 saturated heterocycles. The third kappa shape index (κ3) is 4.94. The van der Waals surface area contributed by atoms with Crippen molar-refractivity contribution in [2.24, 2.45) is 0 Å². The molecule has 5 nitrogen and oxygen atoms in total. The summed E-state index contributed by atoms with van der Waals surface area (Å²) in [6.45, 7) is 7.44. The molecule has 170 valence electrons. The van der Waals surface area contributed by atoms with E-state index >= 15 is 0 Å². The molecule has 0 aliphatic carbocycles. The van der Waals surface area contributed by atoms with E-state index in [-0.39, 0.29) is 11.3 Å². The molecule has 0 spiro atoms. The van der Waals surface area contributed by atoms with Gasteiger partial charge in [-0.2, -0.15) is 0 Å². The fourth-order valence-corrected chi connectivity index (χ4v) is 3.85. The summed E-state index contributed by atoms with van der Waals surface area (Å²) in [4.78, 5) is 19.9. The third-order valence-corrected chi connectivity index (χ3v) is 5.38. The first-order valence-corrected chi connectivity index (χ1v) is 11.0. The molecule has 0 radical (unpaired) electrons. The van der Waals surface area contributed by atoms with Crippen LogP contribution in [0.5, 0.6) is 0 Å².